The van der Waals surface area contributed by atoms with E-state index in [0.717, 1.165) is 0 Å². The van der Waals surface area contributed by atoms with Crippen molar-refractivity contribution < 1.29 is 18.5 Å². The summed E-state index contributed by atoms with van der Waals surface area (Å²) in [7, 11) is -1.83. The van der Waals surface area contributed by atoms with Crippen LogP contribution in [0.3, 0.4) is 0 Å². The van der Waals surface area contributed by atoms with Crippen molar-refractivity contribution in [3.63, 3.8) is 0 Å². The van der Waals surface area contributed by atoms with Crippen LogP contribution < -0.4 is 10.5 Å². The molecule has 1 aromatic heterocycles. The van der Waals surface area contributed by atoms with Crippen LogP contribution >= 0.6 is 0 Å². The standard InChI is InChI=1S/C14H26N2O4Si/c1-13(2,3)21(6,7)18-9-14(4,5)10-8-11(20-16-10)19-12(15)17/h8H,9H2,1-7H3,(H2,15,17). The molecule has 0 saturated carbocycles. The smallest absolute Gasteiger partial charge is 0.412 e. The van der Waals surface area contributed by atoms with Gasteiger partial charge in [-0.3, -0.25) is 0 Å². The second kappa shape index (κ2) is 5.80. The molecule has 0 spiro atoms. The summed E-state index contributed by atoms with van der Waals surface area (Å²) >= 11 is 0. The van der Waals surface area contributed by atoms with E-state index in [9.17, 15) is 4.79 Å². The van der Waals surface area contributed by atoms with E-state index in [4.69, 9.17) is 14.7 Å². The van der Waals surface area contributed by atoms with Crippen LogP contribution in [0.25, 0.3) is 0 Å². The van der Waals surface area contributed by atoms with E-state index >= 15 is 0 Å². The lowest BCUT2D eigenvalue weighted by molar-refractivity contribution is 0.188. The Kier molecular flexibility index (Phi) is 4.89. The summed E-state index contributed by atoms with van der Waals surface area (Å²) < 4.78 is 15.8. The predicted octanol–water partition coefficient (Wildman–Crippen LogP) is 3.43. The molecule has 21 heavy (non-hydrogen) atoms. The van der Waals surface area contributed by atoms with E-state index in [1.54, 1.807) is 6.07 Å². The van der Waals surface area contributed by atoms with Crippen LogP contribution in [-0.2, 0) is 9.84 Å². The third-order valence-corrected chi connectivity index (χ3v) is 8.46. The summed E-state index contributed by atoms with van der Waals surface area (Å²) in [5.74, 6) is -0.00194. The van der Waals surface area contributed by atoms with Gasteiger partial charge in [-0.05, 0) is 18.1 Å². The summed E-state index contributed by atoms with van der Waals surface area (Å²) in [5, 5.41) is 4.08. The number of carbonyl (C=O) groups excluding carboxylic acids is 1. The average Bonchev–Trinajstić information content (AvgIpc) is 2.73. The Hall–Kier alpha value is -1.34. The molecule has 2 N–H and O–H groups in total. The van der Waals surface area contributed by atoms with Crippen LogP contribution in [0.5, 0.6) is 5.95 Å². The lowest BCUT2D eigenvalue weighted by Crippen LogP contribution is -2.44. The van der Waals surface area contributed by atoms with Gasteiger partial charge in [-0.25, -0.2) is 4.79 Å². The molecule has 0 aromatic carbocycles. The van der Waals surface area contributed by atoms with E-state index in [0.29, 0.717) is 12.3 Å². The molecule has 0 bridgehead atoms. The molecule has 0 aliphatic carbocycles. The van der Waals surface area contributed by atoms with Gasteiger partial charge in [-0.1, -0.05) is 39.8 Å². The molecule has 0 aliphatic rings. The lowest BCUT2D eigenvalue weighted by Gasteiger charge is -2.38. The van der Waals surface area contributed by atoms with Crippen LogP contribution in [0, 0.1) is 0 Å². The van der Waals surface area contributed by atoms with Gasteiger partial charge in [0.05, 0.1) is 5.69 Å². The minimum Gasteiger partial charge on any atom is -0.416 e. The van der Waals surface area contributed by atoms with E-state index in [1.165, 1.54) is 0 Å². The number of aromatic nitrogens is 1. The highest BCUT2D eigenvalue weighted by molar-refractivity contribution is 6.74. The molecule has 1 aromatic rings. The minimum atomic E-state index is -1.83. The third-order valence-electron chi connectivity index (χ3n) is 3.98. The van der Waals surface area contributed by atoms with Gasteiger partial charge < -0.3 is 19.4 Å². The average molecular weight is 314 g/mol. The quantitative estimate of drug-likeness (QED) is 0.841. The Morgan fingerprint density at radius 3 is 2.38 bits per heavy atom. The highest BCUT2D eigenvalue weighted by atomic mass is 28.4. The number of nitrogens with zero attached hydrogens (tertiary/aromatic N) is 1. The molecule has 7 heteroatoms. The van der Waals surface area contributed by atoms with Gasteiger partial charge in [-0.2, -0.15) is 0 Å². The molecule has 0 saturated heterocycles. The van der Waals surface area contributed by atoms with Gasteiger partial charge in [0.25, 0.3) is 0 Å². The van der Waals surface area contributed by atoms with E-state index in [2.05, 4.69) is 43.8 Å². The summed E-state index contributed by atoms with van der Waals surface area (Å²) in [6.45, 7) is 15.5. The minimum absolute atomic E-state index is 0.00194. The fourth-order valence-electron chi connectivity index (χ4n) is 1.38. The Morgan fingerprint density at radius 1 is 1.33 bits per heavy atom. The second-order valence-corrected chi connectivity index (χ2v) is 12.2. The first-order valence-corrected chi connectivity index (χ1v) is 9.84. The Bertz CT molecular complexity index is 503. The van der Waals surface area contributed by atoms with Gasteiger partial charge in [0, 0.05) is 18.1 Å². The van der Waals surface area contributed by atoms with Gasteiger partial charge in [-0.15, -0.1) is 0 Å². The van der Waals surface area contributed by atoms with Crippen LogP contribution in [0.1, 0.15) is 40.3 Å². The highest BCUT2D eigenvalue weighted by Crippen LogP contribution is 2.38. The lowest BCUT2D eigenvalue weighted by atomic mass is 9.91. The summed E-state index contributed by atoms with van der Waals surface area (Å²) in [5.41, 5.74) is 5.25. The summed E-state index contributed by atoms with van der Waals surface area (Å²) in [6.07, 6.45) is -0.923. The van der Waals surface area contributed by atoms with Crippen molar-refractivity contribution in [1.82, 2.24) is 5.16 Å². The van der Waals surface area contributed by atoms with Crippen molar-refractivity contribution in [3.05, 3.63) is 11.8 Å². The topological polar surface area (TPSA) is 87.6 Å². The Morgan fingerprint density at radius 2 is 1.90 bits per heavy atom. The Labute approximate surface area is 127 Å². The zero-order chi connectivity index (χ0) is 16.5. The molecule has 120 valence electrons. The molecule has 6 nitrogen and oxygen atoms in total. The first-order valence-electron chi connectivity index (χ1n) is 6.94. The molecule has 1 rings (SSSR count). The number of hydrogen-bond acceptors (Lipinski definition) is 5. The van der Waals surface area contributed by atoms with Crippen molar-refractivity contribution >= 4 is 14.4 Å². The number of ether oxygens (including phenoxy) is 1. The first kappa shape index (κ1) is 17.7. The number of primary amides is 1. The van der Waals surface area contributed by atoms with Gasteiger partial charge in [0.15, 0.2) is 8.32 Å². The largest absolute Gasteiger partial charge is 0.416 e. The fraction of sp³-hybridized carbons (Fsp3) is 0.714. The molecular formula is C14H26N2O4Si. The number of nitrogens with two attached hydrogens (primary N) is 1. The third kappa shape index (κ3) is 4.57. The molecule has 0 unspecified atom stereocenters. The molecule has 0 atom stereocenters. The van der Waals surface area contributed by atoms with Crippen molar-refractivity contribution in [2.24, 2.45) is 5.73 Å². The van der Waals surface area contributed by atoms with Crippen LogP contribution in [0.4, 0.5) is 4.79 Å². The predicted molar refractivity (Wildman–Crippen MR) is 82.9 cm³/mol. The highest BCUT2D eigenvalue weighted by Gasteiger charge is 2.39. The SMILES string of the molecule is CC(C)(CO[Si](C)(C)C(C)(C)C)c1cc(OC(N)=O)on1. The van der Waals surface area contributed by atoms with E-state index in [1.807, 2.05) is 13.8 Å². The summed E-state index contributed by atoms with van der Waals surface area (Å²) in [6, 6.07) is 1.57. The van der Waals surface area contributed by atoms with Gasteiger partial charge >= 0.3 is 12.0 Å². The maximum Gasteiger partial charge on any atom is 0.412 e. The molecule has 1 amide bonds. The van der Waals surface area contributed by atoms with E-state index in [-0.39, 0.29) is 16.4 Å². The second-order valence-electron chi connectivity index (χ2n) is 7.39. The van der Waals surface area contributed by atoms with Crippen LogP contribution in [-0.4, -0.2) is 26.2 Å². The fourth-order valence-corrected chi connectivity index (χ4v) is 2.53. The first-order chi connectivity index (χ1) is 9.35. The molecule has 0 radical (unpaired) electrons. The molecule has 1 heterocycles. The zero-order valence-corrected chi connectivity index (χ0v) is 14.9. The number of amides is 1. The van der Waals surface area contributed by atoms with Crippen molar-refractivity contribution in [2.45, 2.75) is 58.2 Å². The monoisotopic (exact) mass is 314 g/mol. The maximum absolute atomic E-state index is 10.7. The molecule has 0 fully saturated rings. The normalized spacial score (nSPS) is 13.3. The number of hydrogen-bond donors (Lipinski definition) is 1. The maximum atomic E-state index is 10.7. The number of carbonyl (C=O) groups is 1. The summed E-state index contributed by atoms with van der Waals surface area (Å²) in [4.78, 5) is 10.7. The van der Waals surface area contributed by atoms with Crippen LogP contribution in [0.15, 0.2) is 10.6 Å². The van der Waals surface area contributed by atoms with Crippen LogP contribution in [0.2, 0.25) is 18.1 Å². The van der Waals surface area contributed by atoms with Gasteiger partial charge in [0.2, 0.25) is 0 Å². The van der Waals surface area contributed by atoms with Crippen molar-refractivity contribution in [1.29, 1.82) is 0 Å². The van der Waals surface area contributed by atoms with Gasteiger partial charge in [0.1, 0.15) is 0 Å². The zero-order valence-electron chi connectivity index (χ0n) is 13.9. The Balaban J connectivity index is 2.77. The molecule has 0 aliphatic heterocycles. The number of rotatable bonds is 5. The van der Waals surface area contributed by atoms with E-state index < -0.39 is 14.4 Å². The molecular weight excluding hydrogens is 288 g/mol. The van der Waals surface area contributed by atoms with Crippen molar-refractivity contribution in [3.8, 4) is 5.95 Å². The van der Waals surface area contributed by atoms with Crippen molar-refractivity contribution in [2.75, 3.05) is 6.61 Å².